The van der Waals surface area contributed by atoms with Crippen molar-refractivity contribution in [2.75, 3.05) is 6.54 Å². The van der Waals surface area contributed by atoms with E-state index in [1.165, 1.54) is 6.21 Å². The van der Waals surface area contributed by atoms with Gasteiger partial charge in [-0.1, -0.05) is 61.1 Å². The van der Waals surface area contributed by atoms with Gasteiger partial charge in [-0.05, 0) is 24.1 Å². The minimum Gasteiger partial charge on any atom is -0.411 e. The van der Waals surface area contributed by atoms with E-state index in [2.05, 4.69) is 52.9 Å². The zero-order valence-corrected chi connectivity index (χ0v) is 15.2. The maximum Gasteiger partial charge on any atom is 0.157 e. The topological polar surface area (TPSA) is 53.7 Å². The van der Waals surface area contributed by atoms with Crippen LogP contribution in [0, 0.1) is 0 Å². The van der Waals surface area contributed by atoms with E-state index in [0.29, 0.717) is 12.5 Å². The molecule has 0 unspecified atom stereocenters. The Bertz CT molecular complexity index is 793. The molecule has 130 valence electrons. The van der Waals surface area contributed by atoms with E-state index in [1.807, 2.05) is 30.4 Å². The van der Waals surface area contributed by atoms with Gasteiger partial charge in [0.15, 0.2) is 5.82 Å². The lowest BCUT2D eigenvalue weighted by molar-refractivity contribution is 0.312. The molecule has 2 aromatic rings. The van der Waals surface area contributed by atoms with Crippen LogP contribution in [0.2, 0.25) is 0 Å². The van der Waals surface area contributed by atoms with Gasteiger partial charge in [-0.25, -0.2) is 4.98 Å². The highest BCUT2D eigenvalue weighted by Crippen LogP contribution is 2.34. The standard InChI is InChI=1S/C19H22N4OS/c1-15(2)18-19(25-16-9-5-3-6-10-16)23(17(21-18)13-20-24)14-22-11-7-4-8-12-22/h3-11,13,15,24H,12,14H2,1-2H3/b20-13+. The van der Waals surface area contributed by atoms with Gasteiger partial charge in [0.25, 0.3) is 0 Å². The first-order valence-corrected chi connectivity index (χ1v) is 9.09. The molecule has 0 spiro atoms. The summed E-state index contributed by atoms with van der Waals surface area (Å²) in [6.45, 7) is 5.75. The number of hydrogen-bond acceptors (Lipinski definition) is 5. The number of benzene rings is 1. The van der Waals surface area contributed by atoms with Crippen LogP contribution in [0.25, 0.3) is 0 Å². The molecule has 0 saturated heterocycles. The molecule has 0 fully saturated rings. The number of hydrogen-bond donors (Lipinski definition) is 1. The first kappa shape index (κ1) is 17.4. The van der Waals surface area contributed by atoms with Gasteiger partial charge < -0.3 is 10.1 Å². The third-order valence-corrected chi connectivity index (χ3v) is 4.99. The van der Waals surface area contributed by atoms with Crippen LogP contribution in [0.4, 0.5) is 0 Å². The number of allylic oxidation sites excluding steroid dienone is 2. The van der Waals surface area contributed by atoms with E-state index >= 15 is 0 Å². The summed E-state index contributed by atoms with van der Waals surface area (Å²) in [7, 11) is 0. The summed E-state index contributed by atoms with van der Waals surface area (Å²) in [5.41, 5.74) is 1.01. The molecule has 0 amide bonds. The number of rotatable bonds is 6. The second-order valence-corrected chi connectivity index (χ2v) is 7.15. The van der Waals surface area contributed by atoms with E-state index in [9.17, 15) is 0 Å². The molecule has 2 heterocycles. The van der Waals surface area contributed by atoms with Crippen molar-refractivity contribution in [2.45, 2.75) is 36.4 Å². The van der Waals surface area contributed by atoms with Gasteiger partial charge in [0.2, 0.25) is 0 Å². The Kier molecular flexibility index (Phi) is 5.60. The molecular formula is C19H22N4OS. The molecule has 3 rings (SSSR count). The molecule has 1 aliphatic heterocycles. The molecular weight excluding hydrogens is 332 g/mol. The Morgan fingerprint density at radius 2 is 2.08 bits per heavy atom. The Morgan fingerprint density at radius 1 is 1.28 bits per heavy atom. The maximum absolute atomic E-state index is 9.05. The van der Waals surface area contributed by atoms with Gasteiger partial charge in [-0.3, -0.25) is 4.57 Å². The molecule has 5 nitrogen and oxygen atoms in total. The third-order valence-electron chi connectivity index (χ3n) is 3.86. The van der Waals surface area contributed by atoms with Crippen molar-refractivity contribution in [3.05, 3.63) is 66.3 Å². The quantitative estimate of drug-likeness (QED) is 0.477. The minimum absolute atomic E-state index is 0.273. The lowest BCUT2D eigenvalue weighted by atomic mass is 10.1. The summed E-state index contributed by atoms with van der Waals surface area (Å²) < 4.78 is 2.11. The van der Waals surface area contributed by atoms with Crippen LogP contribution >= 0.6 is 11.8 Å². The molecule has 1 N–H and O–H groups in total. The smallest absolute Gasteiger partial charge is 0.157 e. The molecule has 1 aromatic carbocycles. The van der Waals surface area contributed by atoms with Gasteiger partial charge in [-0.15, -0.1) is 0 Å². The molecule has 0 bridgehead atoms. The predicted octanol–water partition coefficient (Wildman–Crippen LogP) is 4.31. The average Bonchev–Trinajstić information content (AvgIpc) is 2.95. The van der Waals surface area contributed by atoms with Crippen LogP contribution in [0.3, 0.4) is 0 Å². The highest BCUT2D eigenvalue weighted by Gasteiger charge is 2.21. The number of imidazole rings is 1. The Morgan fingerprint density at radius 3 is 2.72 bits per heavy atom. The van der Waals surface area contributed by atoms with Crippen LogP contribution in [0.5, 0.6) is 0 Å². The van der Waals surface area contributed by atoms with Crippen molar-refractivity contribution >= 4 is 18.0 Å². The third kappa shape index (κ3) is 4.14. The van der Waals surface area contributed by atoms with Crippen molar-refractivity contribution in [1.29, 1.82) is 0 Å². The predicted molar refractivity (Wildman–Crippen MR) is 101 cm³/mol. The van der Waals surface area contributed by atoms with E-state index in [4.69, 9.17) is 10.2 Å². The highest BCUT2D eigenvalue weighted by molar-refractivity contribution is 7.99. The summed E-state index contributed by atoms with van der Waals surface area (Å²) in [6.07, 6.45) is 9.65. The Labute approximate surface area is 152 Å². The van der Waals surface area contributed by atoms with Crippen molar-refractivity contribution in [3.63, 3.8) is 0 Å². The van der Waals surface area contributed by atoms with Crippen LogP contribution in [0.1, 0.15) is 31.3 Å². The normalized spacial score (nSPS) is 14.1. The number of oxime groups is 1. The average molecular weight is 354 g/mol. The van der Waals surface area contributed by atoms with Crippen LogP contribution in [-0.2, 0) is 6.67 Å². The van der Waals surface area contributed by atoms with Gasteiger partial charge in [0, 0.05) is 17.6 Å². The second kappa shape index (κ2) is 8.07. The molecule has 1 aliphatic rings. The zero-order chi connectivity index (χ0) is 17.6. The molecule has 0 saturated carbocycles. The van der Waals surface area contributed by atoms with Gasteiger partial charge in [0.1, 0.15) is 11.2 Å². The Hall–Kier alpha value is -2.47. The zero-order valence-electron chi connectivity index (χ0n) is 14.4. The van der Waals surface area contributed by atoms with E-state index in [0.717, 1.165) is 22.2 Å². The van der Waals surface area contributed by atoms with Crippen molar-refractivity contribution < 1.29 is 5.21 Å². The molecule has 25 heavy (non-hydrogen) atoms. The second-order valence-electron chi connectivity index (χ2n) is 6.09. The fourth-order valence-corrected chi connectivity index (χ4v) is 3.80. The lowest BCUT2D eigenvalue weighted by Gasteiger charge is -2.23. The first-order valence-electron chi connectivity index (χ1n) is 8.27. The largest absolute Gasteiger partial charge is 0.411 e. The monoisotopic (exact) mass is 354 g/mol. The lowest BCUT2D eigenvalue weighted by Crippen LogP contribution is -2.24. The van der Waals surface area contributed by atoms with Crippen molar-refractivity contribution in [3.8, 4) is 0 Å². The summed E-state index contributed by atoms with van der Waals surface area (Å²) in [4.78, 5) is 8.07. The molecule has 0 radical (unpaired) electrons. The summed E-state index contributed by atoms with van der Waals surface area (Å²) >= 11 is 1.69. The van der Waals surface area contributed by atoms with Crippen molar-refractivity contribution in [1.82, 2.24) is 14.5 Å². The van der Waals surface area contributed by atoms with E-state index < -0.39 is 0 Å². The van der Waals surface area contributed by atoms with Crippen molar-refractivity contribution in [2.24, 2.45) is 5.16 Å². The number of aromatic nitrogens is 2. The summed E-state index contributed by atoms with van der Waals surface area (Å²) in [5.74, 6) is 0.933. The molecule has 0 atom stereocenters. The number of nitrogens with zero attached hydrogens (tertiary/aromatic N) is 4. The fourth-order valence-electron chi connectivity index (χ4n) is 2.64. The van der Waals surface area contributed by atoms with Gasteiger partial charge >= 0.3 is 0 Å². The first-order chi connectivity index (χ1) is 12.2. The maximum atomic E-state index is 9.05. The molecule has 6 heteroatoms. The van der Waals surface area contributed by atoms with Crippen LogP contribution in [0.15, 0.2) is 69.8 Å². The van der Waals surface area contributed by atoms with E-state index in [1.54, 1.807) is 11.8 Å². The van der Waals surface area contributed by atoms with Gasteiger partial charge in [0.05, 0.1) is 12.4 Å². The SMILES string of the molecule is CC(C)c1nc(/C=N/O)n(CN2C=CC=CC2)c1Sc1ccccc1. The summed E-state index contributed by atoms with van der Waals surface area (Å²) in [5, 5.41) is 13.3. The van der Waals surface area contributed by atoms with Crippen LogP contribution in [-0.4, -0.2) is 32.4 Å². The van der Waals surface area contributed by atoms with Gasteiger partial charge in [-0.2, -0.15) is 0 Å². The Balaban J connectivity index is 2.01. The highest BCUT2D eigenvalue weighted by atomic mass is 32.2. The van der Waals surface area contributed by atoms with E-state index in [-0.39, 0.29) is 5.92 Å². The molecule has 1 aromatic heterocycles. The fraction of sp³-hybridized carbons (Fsp3) is 0.263. The van der Waals surface area contributed by atoms with Crippen LogP contribution < -0.4 is 0 Å². The minimum atomic E-state index is 0.273. The molecule has 0 aliphatic carbocycles. The summed E-state index contributed by atoms with van der Waals surface area (Å²) in [6, 6.07) is 10.3.